The lowest BCUT2D eigenvalue weighted by Gasteiger charge is -2.01. The van der Waals surface area contributed by atoms with Gasteiger partial charge in [-0.2, -0.15) is 0 Å². The van der Waals surface area contributed by atoms with Gasteiger partial charge < -0.3 is 10.6 Å². The average molecular weight is 296 g/mol. The van der Waals surface area contributed by atoms with Crippen molar-refractivity contribution in [2.45, 2.75) is 13.1 Å². The number of urea groups is 2. The maximum atomic E-state index is 11.4. The SMILES string of the molecule is O=C(/N=N/C(=O)NCc1ccccc1)NCc1ccccc1. The number of nitrogens with zero attached hydrogens (tertiary/aromatic N) is 2. The number of nitrogens with one attached hydrogen (secondary N) is 2. The zero-order valence-corrected chi connectivity index (χ0v) is 11.9. The number of carbonyl (C=O) groups is 2. The quantitative estimate of drug-likeness (QED) is 0.849. The lowest BCUT2D eigenvalue weighted by molar-refractivity contribution is 0.241. The minimum Gasteiger partial charge on any atom is -0.331 e. The van der Waals surface area contributed by atoms with Gasteiger partial charge in [0.15, 0.2) is 0 Å². The van der Waals surface area contributed by atoms with Gasteiger partial charge in [-0.15, -0.1) is 0 Å². The number of carbonyl (C=O) groups excluding carboxylic acids is 2. The van der Waals surface area contributed by atoms with Crippen LogP contribution in [0, 0.1) is 0 Å². The second kappa shape index (κ2) is 8.31. The van der Waals surface area contributed by atoms with Crippen molar-refractivity contribution in [2.75, 3.05) is 0 Å². The van der Waals surface area contributed by atoms with Crippen LogP contribution in [0.1, 0.15) is 11.1 Å². The maximum absolute atomic E-state index is 11.4. The zero-order valence-electron chi connectivity index (χ0n) is 11.9. The van der Waals surface area contributed by atoms with E-state index in [-0.39, 0.29) is 0 Å². The van der Waals surface area contributed by atoms with E-state index in [0.29, 0.717) is 13.1 Å². The molecule has 0 heterocycles. The first-order chi connectivity index (χ1) is 10.7. The molecule has 0 fully saturated rings. The van der Waals surface area contributed by atoms with Crippen molar-refractivity contribution in [3.05, 3.63) is 71.8 Å². The highest BCUT2D eigenvalue weighted by Gasteiger charge is 2.01. The Morgan fingerprint density at radius 1 is 0.682 bits per heavy atom. The van der Waals surface area contributed by atoms with Crippen molar-refractivity contribution < 1.29 is 9.59 Å². The molecule has 0 atom stereocenters. The molecule has 6 nitrogen and oxygen atoms in total. The third-order valence-corrected chi connectivity index (χ3v) is 2.80. The number of benzene rings is 2. The summed E-state index contributed by atoms with van der Waals surface area (Å²) in [6.07, 6.45) is 0. The summed E-state index contributed by atoms with van der Waals surface area (Å²) >= 11 is 0. The van der Waals surface area contributed by atoms with Gasteiger partial charge in [0.05, 0.1) is 0 Å². The third kappa shape index (κ3) is 5.54. The Kier molecular flexibility index (Phi) is 5.80. The van der Waals surface area contributed by atoms with Crippen LogP contribution < -0.4 is 10.6 Å². The fourth-order valence-electron chi connectivity index (χ4n) is 1.71. The van der Waals surface area contributed by atoms with E-state index in [9.17, 15) is 9.59 Å². The predicted molar refractivity (Wildman–Crippen MR) is 82.2 cm³/mol. The number of hydrogen-bond donors (Lipinski definition) is 2. The molecule has 0 bridgehead atoms. The molecule has 0 aromatic heterocycles. The molecule has 0 aliphatic heterocycles. The van der Waals surface area contributed by atoms with Crippen LogP contribution in [-0.4, -0.2) is 12.1 Å². The Morgan fingerprint density at radius 2 is 1.05 bits per heavy atom. The first-order valence-electron chi connectivity index (χ1n) is 6.79. The fraction of sp³-hybridized carbons (Fsp3) is 0.125. The highest BCUT2D eigenvalue weighted by molar-refractivity contribution is 5.79. The summed E-state index contributed by atoms with van der Waals surface area (Å²) in [5, 5.41) is 11.7. The van der Waals surface area contributed by atoms with Crippen LogP contribution in [0.25, 0.3) is 0 Å². The normalized spacial score (nSPS) is 10.4. The van der Waals surface area contributed by atoms with Gasteiger partial charge >= 0.3 is 12.1 Å². The van der Waals surface area contributed by atoms with E-state index >= 15 is 0 Å². The molecule has 2 rings (SSSR count). The molecule has 2 N–H and O–H groups in total. The number of hydrogen-bond acceptors (Lipinski definition) is 2. The van der Waals surface area contributed by atoms with Crippen molar-refractivity contribution in [1.82, 2.24) is 10.6 Å². The lowest BCUT2D eigenvalue weighted by atomic mass is 10.2. The molecule has 0 radical (unpaired) electrons. The number of azo groups is 1. The van der Waals surface area contributed by atoms with Crippen LogP contribution >= 0.6 is 0 Å². The third-order valence-electron chi connectivity index (χ3n) is 2.80. The Morgan fingerprint density at radius 3 is 1.41 bits per heavy atom. The first kappa shape index (κ1) is 15.4. The summed E-state index contributed by atoms with van der Waals surface area (Å²) in [7, 11) is 0. The second-order valence-electron chi connectivity index (χ2n) is 4.49. The van der Waals surface area contributed by atoms with E-state index in [2.05, 4.69) is 20.9 Å². The second-order valence-corrected chi connectivity index (χ2v) is 4.49. The van der Waals surface area contributed by atoms with E-state index in [1.54, 1.807) is 0 Å². The molecule has 0 spiro atoms. The predicted octanol–water partition coefficient (Wildman–Crippen LogP) is 3.26. The van der Waals surface area contributed by atoms with Gasteiger partial charge in [-0.1, -0.05) is 70.9 Å². The molecular weight excluding hydrogens is 280 g/mol. The topological polar surface area (TPSA) is 82.9 Å². The van der Waals surface area contributed by atoms with E-state index in [1.165, 1.54) is 0 Å². The van der Waals surface area contributed by atoms with E-state index in [4.69, 9.17) is 0 Å². The molecule has 0 saturated heterocycles. The van der Waals surface area contributed by atoms with Crippen LogP contribution in [0.5, 0.6) is 0 Å². The van der Waals surface area contributed by atoms with E-state index < -0.39 is 12.1 Å². The monoisotopic (exact) mass is 296 g/mol. The van der Waals surface area contributed by atoms with Gasteiger partial charge in [-0.3, -0.25) is 0 Å². The van der Waals surface area contributed by atoms with Crippen LogP contribution in [0.15, 0.2) is 70.9 Å². The molecule has 22 heavy (non-hydrogen) atoms. The van der Waals surface area contributed by atoms with Gasteiger partial charge in [0, 0.05) is 13.1 Å². The summed E-state index contributed by atoms with van der Waals surface area (Å²) in [4.78, 5) is 22.9. The Labute approximate surface area is 128 Å². The van der Waals surface area contributed by atoms with E-state index in [0.717, 1.165) is 11.1 Å². The summed E-state index contributed by atoms with van der Waals surface area (Å²) < 4.78 is 0. The summed E-state index contributed by atoms with van der Waals surface area (Å²) in [6, 6.07) is 17.5. The summed E-state index contributed by atoms with van der Waals surface area (Å²) in [5.41, 5.74) is 1.89. The molecule has 0 aliphatic carbocycles. The van der Waals surface area contributed by atoms with Crippen molar-refractivity contribution in [2.24, 2.45) is 10.2 Å². The largest absolute Gasteiger partial charge is 0.360 e. The van der Waals surface area contributed by atoms with Crippen molar-refractivity contribution in [1.29, 1.82) is 0 Å². The zero-order chi connectivity index (χ0) is 15.6. The average Bonchev–Trinajstić information content (AvgIpc) is 2.58. The molecule has 0 saturated carbocycles. The highest BCUT2D eigenvalue weighted by atomic mass is 16.2. The molecular formula is C16H16N4O2. The fourth-order valence-corrected chi connectivity index (χ4v) is 1.71. The molecule has 2 aromatic rings. The van der Waals surface area contributed by atoms with Crippen molar-refractivity contribution in [3.63, 3.8) is 0 Å². The molecule has 4 amide bonds. The van der Waals surface area contributed by atoms with Crippen LogP contribution in [0.2, 0.25) is 0 Å². The van der Waals surface area contributed by atoms with Crippen LogP contribution in [0.3, 0.4) is 0 Å². The van der Waals surface area contributed by atoms with E-state index in [1.807, 2.05) is 60.7 Å². The van der Waals surface area contributed by atoms with Crippen molar-refractivity contribution >= 4 is 12.1 Å². The smallest absolute Gasteiger partial charge is 0.331 e. The first-order valence-corrected chi connectivity index (χ1v) is 6.79. The van der Waals surface area contributed by atoms with Crippen molar-refractivity contribution in [3.8, 4) is 0 Å². The summed E-state index contributed by atoms with van der Waals surface area (Å²) in [6.45, 7) is 0.675. The number of amides is 4. The molecule has 112 valence electrons. The van der Waals surface area contributed by atoms with Gasteiger partial charge in [-0.25, -0.2) is 9.59 Å². The van der Waals surface area contributed by atoms with Gasteiger partial charge in [-0.05, 0) is 11.1 Å². The summed E-state index contributed by atoms with van der Waals surface area (Å²) in [5.74, 6) is 0. The molecule has 2 aromatic carbocycles. The Balaban J connectivity index is 1.71. The van der Waals surface area contributed by atoms with Gasteiger partial charge in [0.25, 0.3) is 0 Å². The van der Waals surface area contributed by atoms with Crippen LogP contribution in [0.4, 0.5) is 9.59 Å². The number of rotatable bonds is 4. The molecule has 6 heteroatoms. The van der Waals surface area contributed by atoms with Crippen LogP contribution in [-0.2, 0) is 13.1 Å². The standard InChI is InChI=1S/C16H16N4O2/c21-15(17-11-13-7-3-1-4-8-13)19-20-16(22)18-12-14-9-5-2-6-10-14/h1-10H,11-12H2,(H,17,21)(H,18,22)/b20-19+. The van der Waals surface area contributed by atoms with Gasteiger partial charge in [0.1, 0.15) is 0 Å². The Hall–Kier alpha value is -3.02. The molecule has 0 aliphatic rings. The minimum absolute atomic E-state index is 0.338. The maximum Gasteiger partial charge on any atom is 0.360 e. The molecule has 0 unspecified atom stereocenters. The van der Waals surface area contributed by atoms with Gasteiger partial charge in [0.2, 0.25) is 0 Å². The highest BCUT2D eigenvalue weighted by Crippen LogP contribution is 1.98. The minimum atomic E-state index is -0.654. The Bertz CT molecular complexity index is 584. The lowest BCUT2D eigenvalue weighted by Crippen LogP contribution is -2.21.